The maximum absolute atomic E-state index is 3.78. The molecular formula is C16H18N2. The van der Waals surface area contributed by atoms with Crippen molar-refractivity contribution in [2.45, 2.75) is 12.8 Å². The SMILES string of the molecule is C1=CCCC=C1.c1ccncc1.c1ccncc1. The van der Waals surface area contributed by atoms with Crippen molar-refractivity contribution in [2.75, 3.05) is 0 Å². The second-order valence-electron chi connectivity index (χ2n) is 3.48. The molecule has 0 aliphatic heterocycles. The van der Waals surface area contributed by atoms with Gasteiger partial charge in [-0.25, -0.2) is 0 Å². The van der Waals surface area contributed by atoms with Crippen molar-refractivity contribution >= 4 is 0 Å². The number of rotatable bonds is 0. The van der Waals surface area contributed by atoms with E-state index in [-0.39, 0.29) is 0 Å². The lowest BCUT2D eigenvalue weighted by Crippen LogP contribution is -1.67. The summed E-state index contributed by atoms with van der Waals surface area (Å²) < 4.78 is 0. The Morgan fingerprint density at radius 1 is 0.500 bits per heavy atom. The summed E-state index contributed by atoms with van der Waals surface area (Å²) in [4.78, 5) is 7.57. The van der Waals surface area contributed by atoms with Crippen LogP contribution < -0.4 is 0 Å². The smallest absolute Gasteiger partial charge is 0.0267 e. The van der Waals surface area contributed by atoms with Crippen LogP contribution in [0, 0.1) is 0 Å². The summed E-state index contributed by atoms with van der Waals surface area (Å²) in [6, 6.07) is 11.4. The summed E-state index contributed by atoms with van der Waals surface area (Å²) >= 11 is 0. The minimum atomic E-state index is 1.23. The van der Waals surface area contributed by atoms with Crippen LogP contribution in [0.1, 0.15) is 12.8 Å². The Labute approximate surface area is 109 Å². The van der Waals surface area contributed by atoms with E-state index in [1.54, 1.807) is 24.8 Å². The van der Waals surface area contributed by atoms with E-state index in [1.807, 2.05) is 36.4 Å². The Morgan fingerprint density at radius 3 is 1.00 bits per heavy atom. The van der Waals surface area contributed by atoms with Gasteiger partial charge in [-0.2, -0.15) is 0 Å². The van der Waals surface area contributed by atoms with E-state index < -0.39 is 0 Å². The largest absolute Gasteiger partial charge is 0.265 e. The lowest BCUT2D eigenvalue weighted by Gasteiger charge is -1.88. The number of allylic oxidation sites excluding steroid dienone is 4. The van der Waals surface area contributed by atoms with E-state index in [4.69, 9.17) is 0 Å². The van der Waals surface area contributed by atoms with Gasteiger partial charge in [0.1, 0.15) is 0 Å². The Balaban J connectivity index is 0.000000135. The van der Waals surface area contributed by atoms with Crippen LogP contribution in [0.4, 0.5) is 0 Å². The number of aromatic nitrogens is 2. The molecule has 2 aromatic heterocycles. The van der Waals surface area contributed by atoms with Crippen LogP contribution in [0.2, 0.25) is 0 Å². The van der Waals surface area contributed by atoms with E-state index in [1.165, 1.54) is 12.8 Å². The zero-order chi connectivity index (χ0) is 12.7. The molecule has 18 heavy (non-hydrogen) atoms. The van der Waals surface area contributed by atoms with Crippen LogP contribution in [0.3, 0.4) is 0 Å². The third-order valence-corrected chi connectivity index (χ3v) is 2.02. The van der Waals surface area contributed by atoms with Gasteiger partial charge in [-0.15, -0.1) is 0 Å². The van der Waals surface area contributed by atoms with Crippen molar-refractivity contribution in [3.63, 3.8) is 0 Å². The lowest BCUT2D eigenvalue weighted by atomic mass is 10.2. The minimum Gasteiger partial charge on any atom is -0.265 e. The molecule has 0 N–H and O–H groups in total. The Bertz CT molecular complexity index is 324. The first-order valence-corrected chi connectivity index (χ1v) is 6.02. The van der Waals surface area contributed by atoms with Gasteiger partial charge in [0, 0.05) is 24.8 Å². The standard InChI is InChI=1S/C6H8.2C5H5N/c3*1-2-4-6-5-3-1/h1-4H,5-6H2;2*1-5H. The van der Waals surface area contributed by atoms with Gasteiger partial charge in [-0.1, -0.05) is 36.4 Å². The predicted octanol–water partition coefficient (Wildman–Crippen LogP) is 4.06. The summed E-state index contributed by atoms with van der Waals surface area (Å²) in [5, 5.41) is 0. The highest BCUT2D eigenvalue weighted by Gasteiger charge is 1.77. The molecule has 1 aliphatic rings. The molecule has 2 aromatic rings. The molecule has 0 radical (unpaired) electrons. The first-order valence-electron chi connectivity index (χ1n) is 6.02. The molecule has 0 atom stereocenters. The molecule has 0 aromatic carbocycles. The molecule has 2 nitrogen and oxygen atoms in total. The van der Waals surface area contributed by atoms with Gasteiger partial charge in [0.15, 0.2) is 0 Å². The molecule has 0 spiro atoms. The zero-order valence-electron chi connectivity index (χ0n) is 10.4. The molecule has 3 rings (SSSR count). The highest BCUT2D eigenvalue weighted by molar-refractivity contribution is 5.07. The van der Waals surface area contributed by atoms with Crippen LogP contribution >= 0.6 is 0 Å². The summed E-state index contributed by atoms with van der Waals surface area (Å²) in [7, 11) is 0. The molecule has 1 aliphatic carbocycles. The van der Waals surface area contributed by atoms with E-state index in [9.17, 15) is 0 Å². The highest BCUT2D eigenvalue weighted by Crippen LogP contribution is 1.98. The Morgan fingerprint density at radius 2 is 0.889 bits per heavy atom. The van der Waals surface area contributed by atoms with Crippen molar-refractivity contribution < 1.29 is 0 Å². The molecule has 92 valence electrons. The van der Waals surface area contributed by atoms with Crippen molar-refractivity contribution in [3.05, 3.63) is 85.5 Å². The van der Waals surface area contributed by atoms with Crippen molar-refractivity contribution in [1.29, 1.82) is 0 Å². The fourth-order valence-corrected chi connectivity index (χ4v) is 1.17. The van der Waals surface area contributed by atoms with Gasteiger partial charge in [0.25, 0.3) is 0 Å². The van der Waals surface area contributed by atoms with Crippen LogP contribution in [0.25, 0.3) is 0 Å². The average Bonchev–Trinajstić information content (AvgIpc) is 2.54. The lowest BCUT2D eigenvalue weighted by molar-refractivity contribution is 1.04. The summed E-state index contributed by atoms with van der Waals surface area (Å²) in [5.74, 6) is 0. The normalized spacial score (nSPS) is 11.6. The zero-order valence-corrected chi connectivity index (χ0v) is 10.4. The molecule has 2 heteroatoms. The fraction of sp³-hybridized carbons (Fsp3) is 0.125. The van der Waals surface area contributed by atoms with Crippen molar-refractivity contribution in [1.82, 2.24) is 9.97 Å². The molecule has 0 fully saturated rings. The number of nitrogens with zero attached hydrogens (tertiary/aromatic N) is 2. The van der Waals surface area contributed by atoms with Crippen molar-refractivity contribution in [3.8, 4) is 0 Å². The second-order valence-corrected chi connectivity index (χ2v) is 3.48. The summed E-state index contributed by atoms with van der Waals surface area (Å²) in [6.07, 6.45) is 18.0. The van der Waals surface area contributed by atoms with Gasteiger partial charge >= 0.3 is 0 Å². The topological polar surface area (TPSA) is 25.8 Å². The maximum atomic E-state index is 3.78. The van der Waals surface area contributed by atoms with Crippen LogP contribution in [0.5, 0.6) is 0 Å². The summed E-state index contributed by atoms with van der Waals surface area (Å²) in [5.41, 5.74) is 0. The predicted molar refractivity (Wildman–Crippen MR) is 76.0 cm³/mol. The van der Waals surface area contributed by atoms with E-state index in [0.717, 1.165) is 0 Å². The van der Waals surface area contributed by atoms with Crippen LogP contribution in [-0.4, -0.2) is 9.97 Å². The molecular weight excluding hydrogens is 220 g/mol. The highest BCUT2D eigenvalue weighted by atomic mass is 14.6. The Hall–Kier alpha value is -2.22. The Kier molecular flexibility index (Phi) is 8.67. The molecule has 0 saturated heterocycles. The van der Waals surface area contributed by atoms with Crippen LogP contribution in [-0.2, 0) is 0 Å². The molecule has 0 unspecified atom stereocenters. The van der Waals surface area contributed by atoms with E-state index >= 15 is 0 Å². The van der Waals surface area contributed by atoms with Gasteiger partial charge < -0.3 is 0 Å². The van der Waals surface area contributed by atoms with Gasteiger partial charge in [-0.3, -0.25) is 9.97 Å². The first-order chi connectivity index (χ1) is 9.00. The maximum Gasteiger partial charge on any atom is 0.0267 e. The third kappa shape index (κ3) is 9.04. The molecule has 0 saturated carbocycles. The number of pyridine rings is 2. The van der Waals surface area contributed by atoms with Gasteiger partial charge in [-0.05, 0) is 37.1 Å². The first kappa shape index (κ1) is 13.8. The summed E-state index contributed by atoms with van der Waals surface area (Å²) in [6.45, 7) is 0. The number of hydrogen-bond donors (Lipinski definition) is 0. The average molecular weight is 238 g/mol. The monoisotopic (exact) mass is 238 g/mol. The van der Waals surface area contributed by atoms with Crippen LogP contribution in [0.15, 0.2) is 85.5 Å². The minimum absolute atomic E-state index is 1.23. The van der Waals surface area contributed by atoms with Gasteiger partial charge in [0.2, 0.25) is 0 Å². The fourth-order valence-electron chi connectivity index (χ4n) is 1.17. The van der Waals surface area contributed by atoms with Crippen molar-refractivity contribution in [2.24, 2.45) is 0 Å². The van der Waals surface area contributed by atoms with Gasteiger partial charge in [0.05, 0.1) is 0 Å². The molecule has 0 bridgehead atoms. The quantitative estimate of drug-likeness (QED) is 0.691. The van der Waals surface area contributed by atoms with E-state index in [2.05, 4.69) is 34.3 Å². The van der Waals surface area contributed by atoms with E-state index in [0.29, 0.717) is 0 Å². The number of hydrogen-bond acceptors (Lipinski definition) is 2. The molecule has 0 amide bonds. The second kappa shape index (κ2) is 11.3. The third-order valence-electron chi connectivity index (χ3n) is 2.02. The molecule has 2 heterocycles.